The maximum Gasteiger partial charge on any atom is 0.104 e. The van der Waals surface area contributed by atoms with Crippen LogP contribution in [0.2, 0.25) is 0 Å². The third-order valence-electron chi connectivity index (χ3n) is 7.30. The Morgan fingerprint density at radius 1 is 0.902 bits per heavy atom. The van der Waals surface area contributed by atoms with Crippen LogP contribution in [0.5, 0.6) is 5.75 Å². The van der Waals surface area contributed by atoms with Gasteiger partial charge in [-0.05, 0) is 46.5 Å². The molecule has 1 radical (unpaired) electrons. The van der Waals surface area contributed by atoms with Gasteiger partial charge in [0.2, 0.25) is 0 Å². The molecule has 0 atom stereocenters. The maximum absolute atomic E-state index is 6.06. The van der Waals surface area contributed by atoms with Crippen molar-refractivity contribution in [2.24, 2.45) is 5.92 Å². The zero-order chi connectivity index (χ0) is 27.6. The molecule has 41 heavy (non-hydrogen) atoms. The summed E-state index contributed by atoms with van der Waals surface area (Å²) in [5.74, 6) is 1.50. The minimum absolute atomic E-state index is 0. The third kappa shape index (κ3) is 6.10. The van der Waals surface area contributed by atoms with E-state index in [1.807, 2.05) is 42.6 Å². The van der Waals surface area contributed by atoms with Gasteiger partial charge in [-0.2, -0.15) is 0 Å². The first-order valence-electron chi connectivity index (χ1n) is 13.9. The van der Waals surface area contributed by atoms with E-state index in [9.17, 15) is 0 Å². The van der Waals surface area contributed by atoms with E-state index in [2.05, 4.69) is 93.3 Å². The number of rotatable bonds is 3. The summed E-state index contributed by atoms with van der Waals surface area (Å²) in [6.45, 7) is 9.32. The number of nitrogens with zero attached hydrogens (tertiary/aromatic N) is 2. The Bertz CT molecular complexity index is 1830. The predicted octanol–water partition coefficient (Wildman–Crippen LogP) is 9.11. The van der Waals surface area contributed by atoms with Crippen molar-refractivity contribution in [3.8, 4) is 28.3 Å². The first-order chi connectivity index (χ1) is 19.5. The number of benzene rings is 4. The van der Waals surface area contributed by atoms with Crippen molar-refractivity contribution in [1.29, 1.82) is 0 Å². The molecule has 0 spiro atoms. The largest absolute Gasteiger partial charge is 0.506 e. The van der Waals surface area contributed by atoms with Gasteiger partial charge in [0.1, 0.15) is 5.75 Å². The van der Waals surface area contributed by atoms with Crippen LogP contribution >= 0.6 is 0 Å². The Kier molecular flexibility index (Phi) is 8.63. The summed E-state index contributed by atoms with van der Waals surface area (Å²) in [5.41, 5.74) is 10.0. The van der Waals surface area contributed by atoms with Gasteiger partial charge >= 0.3 is 0 Å². The first-order valence-corrected chi connectivity index (χ1v) is 13.9. The molecular formula is C37H32IrN2O-2. The number of hydrogen-bond acceptors (Lipinski definition) is 3. The van der Waals surface area contributed by atoms with Crippen molar-refractivity contribution in [3.05, 3.63) is 126 Å². The van der Waals surface area contributed by atoms with Crippen LogP contribution in [0.25, 0.3) is 44.2 Å². The number of ether oxygens (including phenoxy) is 1. The molecule has 0 amide bonds. The quantitative estimate of drug-likeness (QED) is 0.172. The van der Waals surface area contributed by atoms with Gasteiger partial charge < -0.3 is 9.72 Å². The molecule has 0 saturated carbocycles. The summed E-state index contributed by atoms with van der Waals surface area (Å²) >= 11 is 0. The van der Waals surface area contributed by atoms with Gasteiger partial charge in [-0.1, -0.05) is 75.7 Å². The van der Waals surface area contributed by atoms with Gasteiger partial charge in [-0.15, -0.1) is 64.7 Å². The Balaban J connectivity index is 0.000000173. The van der Waals surface area contributed by atoms with Gasteiger partial charge in [0, 0.05) is 37.4 Å². The topological polar surface area (TPSA) is 35.0 Å². The van der Waals surface area contributed by atoms with Gasteiger partial charge in [0.25, 0.3) is 0 Å². The van der Waals surface area contributed by atoms with Gasteiger partial charge in [0.05, 0.1) is 12.1 Å². The fourth-order valence-electron chi connectivity index (χ4n) is 5.38. The molecule has 6 aromatic rings. The average molecular weight is 713 g/mol. The Morgan fingerprint density at radius 3 is 2.49 bits per heavy atom. The Labute approximate surface area is 256 Å². The summed E-state index contributed by atoms with van der Waals surface area (Å²) < 4.78 is 6.06. The monoisotopic (exact) mass is 713 g/mol. The number of aryl methyl sites for hydroxylation is 2. The Morgan fingerprint density at radius 2 is 1.71 bits per heavy atom. The molecule has 0 fully saturated rings. The van der Waals surface area contributed by atoms with Crippen molar-refractivity contribution in [3.63, 3.8) is 0 Å². The molecule has 0 saturated heterocycles. The van der Waals surface area contributed by atoms with E-state index in [4.69, 9.17) is 9.72 Å². The molecule has 207 valence electrons. The summed E-state index contributed by atoms with van der Waals surface area (Å²) in [5, 5.41) is 3.59. The van der Waals surface area contributed by atoms with Gasteiger partial charge in [0.15, 0.2) is 0 Å². The van der Waals surface area contributed by atoms with Crippen LogP contribution in [0.3, 0.4) is 0 Å². The zero-order valence-electron chi connectivity index (χ0n) is 23.8. The van der Waals surface area contributed by atoms with Crippen LogP contribution in [0.4, 0.5) is 0 Å². The predicted molar refractivity (Wildman–Crippen MR) is 164 cm³/mol. The average Bonchev–Trinajstić information content (AvgIpc) is 2.97. The minimum Gasteiger partial charge on any atom is -0.506 e. The van der Waals surface area contributed by atoms with E-state index in [1.165, 1.54) is 32.8 Å². The second kappa shape index (κ2) is 12.3. The third-order valence-corrected chi connectivity index (χ3v) is 7.30. The fraction of sp³-hybridized carbons (Fsp3) is 0.189. The number of fused-ring (bicyclic) bond motifs is 5. The zero-order valence-corrected chi connectivity index (χ0v) is 26.2. The number of hydrogen-bond donors (Lipinski definition) is 0. The molecule has 0 unspecified atom stereocenters. The molecule has 0 bridgehead atoms. The fourth-order valence-corrected chi connectivity index (χ4v) is 5.38. The summed E-state index contributed by atoms with van der Waals surface area (Å²) in [6, 6.07) is 35.7. The van der Waals surface area contributed by atoms with Gasteiger partial charge in [-0.25, -0.2) is 0 Å². The van der Waals surface area contributed by atoms with E-state index in [0.29, 0.717) is 12.5 Å². The van der Waals surface area contributed by atoms with Gasteiger partial charge in [-0.3, -0.25) is 4.98 Å². The molecule has 1 aliphatic rings. The van der Waals surface area contributed by atoms with Crippen molar-refractivity contribution in [2.75, 3.05) is 0 Å². The van der Waals surface area contributed by atoms with Crippen LogP contribution in [0.1, 0.15) is 36.1 Å². The van der Waals surface area contributed by atoms with E-state index < -0.39 is 0 Å². The molecule has 2 aromatic heterocycles. The molecule has 7 rings (SSSR count). The van der Waals surface area contributed by atoms with Crippen LogP contribution < -0.4 is 4.74 Å². The Hall–Kier alpha value is -3.85. The van der Waals surface area contributed by atoms with E-state index in [1.54, 1.807) is 0 Å². The molecule has 0 aliphatic carbocycles. The van der Waals surface area contributed by atoms with Crippen LogP contribution in [0.15, 0.2) is 91.1 Å². The second-order valence-corrected chi connectivity index (χ2v) is 10.9. The van der Waals surface area contributed by atoms with Crippen LogP contribution in [0, 0.1) is 31.9 Å². The molecule has 4 heteroatoms. The van der Waals surface area contributed by atoms with Crippen LogP contribution in [-0.2, 0) is 33.1 Å². The summed E-state index contributed by atoms with van der Waals surface area (Å²) in [6.07, 6.45) is 2.96. The second-order valence-electron chi connectivity index (χ2n) is 10.9. The van der Waals surface area contributed by atoms with Crippen LogP contribution in [-0.4, -0.2) is 9.97 Å². The van der Waals surface area contributed by atoms with Crippen molar-refractivity contribution >= 4 is 21.7 Å². The van der Waals surface area contributed by atoms with E-state index >= 15 is 0 Å². The summed E-state index contributed by atoms with van der Waals surface area (Å²) in [4.78, 5) is 9.40. The van der Waals surface area contributed by atoms with Crippen molar-refractivity contribution in [1.82, 2.24) is 9.97 Å². The number of aromatic nitrogens is 2. The molecular weight excluding hydrogens is 681 g/mol. The molecule has 3 heterocycles. The van der Waals surface area contributed by atoms with Crippen molar-refractivity contribution < 1.29 is 24.8 Å². The van der Waals surface area contributed by atoms with E-state index in [0.717, 1.165) is 45.8 Å². The SMILES string of the molecule is Cc1[c-]c2c(c(C)c1)COc1cc3c(CC(C)C)cccc3nc1-2.[Ir].[c-]1ccccc1-c1cc2ccccc2cn1. The normalized spacial score (nSPS) is 11.6. The maximum atomic E-state index is 6.06. The molecule has 0 N–H and O–H groups in total. The van der Waals surface area contributed by atoms with E-state index in [-0.39, 0.29) is 20.1 Å². The first kappa shape index (κ1) is 28.7. The standard InChI is InChI=1S/C22H22NO.C15H10N.Ir/c1-13(2)8-16-6-5-7-20-17(16)11-21-22(23-20)18-10-14(3)9-15(4)19(18)12-24-21;1-2-6-12(7-3-1)15-10-13-8-4-5-9-14(13)11-16-15;/h5-7,9,11,13H,8,12H2,1-4H3;1-6,8-11H;/q2*-1;. The molecule has 3 nitrogen and oxygen atoms in total. The van der Waals surface area contributed by atoms with Crippen molar-refractivity contribution in [2.45, 2.75) is 40.7 Å². The number of pyridine rings is 2. The molecule has 1 aliphatic heterocycles. The smallest absolute Gasteiger partial charge is 0.104 e. The minimum atomic E-state index is 0. The molecule has 4 aromatic carbocycles. The summed E-state index contributed by atoms with van der Waals surface area (Å²) in [7, 11) is 0.